The SMILES string of the molecule is COc1cc(-c2nc(C)nn2-c2cccc3[nH]cnc23)c2cnccc2c1. The first kappa shape index (κ1) is 15.5. The fourth-order valence-electron chi connectivity index (χ4n) is 3.35. The second-order valence-electron chi connectivity index (χ2n) is 6.24. The third-order valence-electron chi connectivity index (χ3n) is 4.58. The average molecular weight is 356 g/mol. The maximum Gasteiger partial charge on any atom is 0.164 e. The second kappa shape index (κ2) is 5.91. The standard InChI is InChI=1S/C20H16N6O/c1-12-24-20(15-9-14(27-2)8-13-6-7-21-10-16(13)15)26(25-12)18-5-3-4-17-19(18)23-11-22-17/h3-11H,1-2H3,(H,22,23). The predicted octanol–water partition coefficient (Wildman–Crippen LogP) is 3.68. The molecule has 0 spiro atoms. The van der Waals surface area contributed by atoms with Crippen molar-refractivity contribution in [1.29, 1.82) is 0 Å². The predicted molar refractivity (Wildman–Crippen MR) is 103 cm³/mol. The molecule has 5 aromatic rings. The number of benzene rings is 2. The average Bonchev–Trinajstić information content (AvgIpc) is 3.33. The summed E-state index contributed by atoms with van der Waals surface area (Å²) < 4.78 is 7.33. The highest BCUT2D eigenvalue weighted by Crippen LogP contribution is 2.33. The smallest absolute Gasteiger partial charge is 0.164 e. The number of imidazole rings is 1. The number of pyridine rings is 1. The van der Waals surface area contributed by atoms with Crippen molar-refractivity contribution in [1.82, 2.24) is 29.7 Å². The number of H-pyrrole nitrogens is 1. The monoisotopic (exact) mass is 356 g/mol. The number of aromatic nitrogens is 6. The van der Waals surface area contributed by atoms with E-state index in [1.54, 1.807) is 19.6 Å². The Morgan fingerprint density at radius 2 is 2.07 bits per heavy atom. The molecule has 0 aliphatic rings. The van der Waals surface area contributed by atoms with Crippen molar-refractivity contribution >= 4 is 21.8 Å². The molecule has 0 unspecified atom stereocenters. The van der Waals surface area contributed by atoms with Crippen LogP contribution in [-0.4, -0.2) is 36.8 Å². The van der Waals surface area contributed by atoms with Gasteiger partial charge in [0, 0.05) is 23.3 Å². The van der Waals surface area contributed by atoms with Crippen molar-refractivity contribution in [2.24, 2.45) is 0 Å². The second-order valence-corrected chi connectivity index (χ2v) is 6.24. The number of nitrogens with zero attached hydrogens (tertiary/aromatic N) is 5. The maximum absolute atomic E-state index is 5.50. The molecular formula is C20H16N6O. The molecule has 3 heterocycles. The molecule has 0 aliphatic carbocycles. The summed E-state index contributed by atoms with van der Waals surface area (Å²) >= 11 is 0. The van der Waals surface area contributed by atoms with Gasteiger partial charge in [-0.1, -0.05) is 6.07 Å². The normalized spacial score (nSPS) is 11.3. The molecule has 5 rings (SSSR count). The first-order valence-corrected chi connectivity index (χ1v) is 8.53. The van der Waals surface area contributed by atoms with E-state index in [0.29, 0.717) is 5.82 Å². The third kappa shape index (κ3) is 2.43. The number of ether oxygens (including phenoxy) is 1. The highest BCUT2D eigenvalue weighted by molar-refractivity contribution is 5.96. The van der Waals surface area contributed by atoms with Crippen molar-refractivity contribution in [3.05, 3.63) is 60.9 Å². The molecule has 27 heavy (non-hydrogen) atoms. The van der Waals surface area contributed by atoms with E-state index in [-0.39, 0.29) is 0 Å². The van der Waals surface area contributed by atoms with Crippen LogP contribution in [0.1, 0.15) is 5.82 Å². The first-order chi connectivity index (χ1) is 13.2. The number of methoxy groups -OCH3 is 1. The summed E-state index contributed by atoms with van der Waals surface area (Å²) in [4.78, 5) is 16.6. The quantitative estimate of drug-likeness (QED) is 0.533. The van der Waals surface area contributed by atoms with Gasteiger partial charge >= 0.3 is 0 Å². The molecule has 3 aromatic heterocycles. The molecule has 0 fully saturated rings. The number of aryl methyl sites for hydroxylation is 1. The van der Waals surface area contributed by atoms with E-state index < -0.39 is 0 Å². The van der Waals surface area contributed by atoms with Gasteiger partial charge in [-0.05, 0) is 42.6 Å². The number of para-hydroxylation sites is 1. The fraction of sp³-hybridized carbons (Fsp3) is 0.100. The van der Waals surface area contributed by atoms with Crippen LogP contribution in [0.15, 0.2) is 55.1 Å². The van der Waals surface area contributed by atoms with Gasteiger partial charge < -0.3 is 9.72 Å². The summed E-state index contributed by atoms with van der Waals surface area (Å²) in [5.41, 5.74) is 3.56. The largest absolute Gasteiger partial charge is 0.497 e. The van der Waals surface area contributed by atoms with Gasteiger partial charge in [0.05, 0.1) is 24.6 Å². The van der Waals surface area contributed by atoms with Crippen LogP contribution in [-0.2, 0) is 0 Å². The Morgan fingerprint density at radius 3 is 2.96 bits per heavy atom. The molecule has 7 nitrogen and oxygen atoms in total. The minimum Gasteiger partial charge on any atom is -0.497 e. The molecule has 132 valence electrons. The van der Waals surface area contributed by atoms with Gasteiger partial charge in [-0.2, -0.15) is 5.10 Å². The van der Waals surface area contributed by atoms with Crippen LogP contribution in [0.2, 0.25) is 0 Å². The number of fused-ring (bicyclic) bond motifs is 2. The number of rotatable bonds is 3. The summed E-state index contributed by atoms with van der Waals surface area (Å²) in [7, 11) is 1.66. The van der Waals surface area contributed by atoms with Gasteiger partial charge in [0.25, 0.3) is 0 Å². The number of aromatic amines is 1. The Balaban J connectivity index is 1.84. The fourth-order valence-corrected chi connectivity index (χ4v) is 3.35. The van der Waals surface area contributed by atoms with Crippen molar-refractivity contribution in [3.63, 3.8) is 0 Å². The minimum atomic E-state index is 0.678. The first-order valence-electron chi connectivity index (χ1n) is 8.53. The lowest BCUT2D eigenvalue weighted by Crippen LogP contribution is -2.01. The Labute approximate surface area is 154 Å². The van der Waals surface area contributed by atoms with Crippen LogP contribution in [0.3, 0.4) is 0 Å². The lowest BCUT2D eigenvalue weighted by atomic mass is 10.1. The highest BCUT2D eigenvalue weighted by atomic mass is 16.5. The highest BCUT2D eigenvalue weighted by Gasteiger charge is 2.18. The summed E-state index contributed by atoms with van der Waals surface area (Å²) in [5.74, 6) is 2.16. The molecule has 0 amide bonds. The third-order valence-corrected chi connectivity index (χ3v) is 4.58. The molecule has 0 aliphatic heterocycles. The van der Waals surface area contributed by atoms with Crippen LogP contribution >= 0.6 is 0 Å². The van der Waals surface area contributed by atoms with Gasteiger partial charge in [0.2, 0.25) is 0 Å². The van der Waals surface area contributed by atoms with Gasteiger partial charge in [-0.3, -0.25) is 4.98 Å². The maximum atomic E-state index is 5.50. The van der Waals surface area contributed by atoms with E-state index in [4.69, 9.17) is 9.72 Å². The lowest BCUT2D eigenvalue weighted by Gasteiger charge is -2.11. The minimum absolute atomic E-state index is 0.678. The summed E-state index contributed by atoms with van der Waals surface area (Å²) in [6.45, 7) is 1.88. The van der Waals surface area contributed by atoms with Gasteiger partial charge in [0.15, 0.2) is 5.82 Å². The van der Waals surface area contributed by atoms with Crippen LogP contribution in [0.4, 0.5) is 0 Å². The van der Waals surface area contributed by atoms with E-state index in [1.165, 1.54) is 0 Å². The van der Waals surface area contributed by atoms with Crippen molar-refractivity contribution in [2.75, 3.05) is 7.11 Å². The Hall–Kier alpha value is -3.74. The molecule has 7 heteroatoms. The summed E-state index contributed by atoms with van der Waals surface area (Å²) in [6, 6.07) is 11.9. The molecule has 0 saturated heterocycles. The zero-order valence-electron chi connectivity index (χ0n) is 14.8. The van der Waals surface area contributed by atoms with E-state index in [1.807, 2.05) is 54.2 Å². The van der Waals surface area contributed by atoms with Crippen LogP contribution in [0.25, 0.3) is 38.9 Å². The van der Waals surface area contributed by atoms with Gasteiger partial charge in [-0.25, -0.2) is 14.6 Å². The Kier molecular flexibility index (Phi) is 3.39. The topological polar surface area (TPSA) is 81.5 Å². The van der Waals surface area contributed by atoms with Crippen LogP contribution < -0.4 is 4.74 Å². The number of nitrogens with one attached hydrogen (secondary N) is 1. The summed E-state index contributed by atoms with van der Waals surface area (Å²) in [5, 5.41) is 6.66. The molecule has 0 bridgehead atoms. The van der Waals surface area contributed by atoms with E-state index in [2.05, 4.69) is 20.1 Å². The van der Waals surface area contributed by atoms with E-state index in [0.717, 1.165) is 44.6 Å². The van der Waals surface area contributed by atoms with Gasteiger partial charge in [-0.15, -0.1) is 0 Å². The van der Waals surface area contributed by atoms with Crippen molar-refractivity contribution in [3.8, 4) is 22.8 Å². The Morgan fingerprint density at radius 1 is 1.15 bits per heavy atom. The number of hydrogen-bond donors (Lipinski definition) is 1. The molecule has 0 saturated carbocycles. The zero-order valence-corrected chi connectivity index (χ0v) is 14.8. The summed E-state index contributed by atoms with van der Waals surface area (Å²) in [6.07, 6.45) is 5.29. The molecular weight excluding hydrogens is 340 g/mol. The molecule has 0 atom stereocenters. The van der Waals surface area contributed by atoms with Crippen molar-refractivity contribution in [2.45, 2.75) is 6.92 Å². The van der Waals surface area contributed by atoms with Crippen molar-refractivity contribution < 1.29 is 4.74 Å². The van der Waals surface area contributed by atoms with Gasteiger partial charge in [0.1, 0.15) is 17.1 Å². The van der Waals surface area contributed by atoms with Crippen LogP contribution in [0.5, 0.6) is 5.75 Å². The molecule has 2 aromatic carbocycles. The van der Waals surface area contributed by atoms with Crippen LogP contribution in [0, 0.1) is 6.92 Å². The molecule has 0 radical (unpaired) electrons. The Bertz CT molecular complexity index is 1290. The van der Waals surface area contributed by atoms with E-state index in [9.17, 15) is 0 Å². The lowest BCUT2D eigenvalue weighted by molar-refractivity contribution is 0.415. The number of hydrogen-bond acceptors (Lipinski definition) is 5. The molecule has 1 N–H and O–H groups in total. The van der Waals surface area contributed by atoms with E-state index >= 15 is 0 Å². The zero-order chi connectivity index (χ0) is 18.4.